The smallest absolute Gasteiger partial charge is 0.201 e. The molecule has 4 nitrogen and oxygen atoms in total. The second-order valence-corrected chi connectivity index (χ2v) is 5.05. The molecule has 6 heteroatoms. The van der Waals surface area contributed by atoms with E-state index < -0.39 is 0 Å². The fourth-order valence-corrected chi connectivity index (χ4v) is 1.99. The molecule has 1 unspecified atom stereocenters. The Kier molecular flexibility index (Phi) is 3.78. The van der Waals surface area contributed by atoms with E-state index in [-0.39, 0.29) is 6.17 Å². The molecule has 0 bridgehead atoms. The summed E-state index contributed by atoms with van der Waals surface area (Å²) in [5.41, 5.74) is 0.783. The van der Waals surface area contributed by atoms with Gasteiger partial charge in [0.1, 0.15) is 12.0 Å². The van der Waals surface area contributed by atoms with Gasteiger partial charge in [-0.05, 0) is 25.1 Å². The summed E-state index contributed by atoms with van der Waals surface area (Å²) < 4.78 is 0. The Morgan fingerprint density at radius 2 is 1.94 bits per heavy atom. The number of benzene rings is 1. The number of amidine groups is 1. The Hall–Kier alpha value is -1.26. The quantitative estimate of drug-likeness (QED) is 0.861. The van der Waals surface area contributed by atoms with Gasteiger partial charge in [0, 0.05) is 24.7 Å². The third kappa shape index (κ3) is 2.76. The summed E-state index contributed by atoms with van der Waals surface area (Å²) in [7, 11) is 3.84. The highest BCUT2D eigenvalue weighted by atomic mass is 35.5. The van der Waals surface area contributed by atoms with Gasteiger partial charge in [0.05, 0.1) is 5.02 Å². The maximum Gasteiger partial charge on any atom is 0.201 e. The molecule has 18 heavy (non-hydrogen) atoms. The molecule has 0 radical (unpaired) electrons. The summed E-state index contributed by atoms with van der Waals surface area (Å²) in [6.07, 6.45) is -0.145. The summed E-state index contributed by atoms with van der Waals surface area (Å²) >= 11 is 12.2. The van der Waals surface area contributed by atoms with Crippen LogP contribution in [0.1, 0.15) is 12.5 Å². The van der Waals surface area contributed by atoms with E-state index in [9.17, 15) is 0 Å². The van der Waals surface area contributed by atoms with Gasteiger partial charge in [-0.1, -0.05) is 23.2 Å². The number of hydrogen-bond donors (Lipinski definition) is 1. The average molecular weight is 285 g/mol. The van der Waals surface area contributed by atoms with Crippen molar-refractivity contribution in [2.24, 2.45) is 9.98 Å². The van der Waals surface area contributed by atoms with E-state index in [0.717, 1.165) is 11.5 Å². The third-order valence-corrected chi connectivity index (χ3v) is 3.03. The lowest BCUT2D eigenvalue weighted by atomic mass is 10.2. The molecule has 0 spiro atoms. The molecule has 1 heterocycles. The van der Waals surface area contributed by atoms with Gasteiger partial charge in [-0.25, -0.2) is 9.98 Å². The van der Waals surface area contributed by atoms with Crippen LogP contribution in [0.15, 0.2) is 28.2 Å². The van der Waals surface area contributed by atoms with E-state index >= 15 is 0 Å². The fourth-order valence-electron chi connectivity index (χ4n) is 1.61. The van der Waals surface area contributed by atoms with Crippen molar-refractivity contribution < 1.29 is 0 Å². The molecule has 1 atom stereocenters. The lowest BCUT2D eigenvalue weighted by Crippen LogP contribution is -2.44. The molecule has 1 aromatic rings. The molecule has 0 saturated carbocycles. The first kappa shape index (κ1) is 13.2. The molecule has 96 valence electrons. The Labute approximate surface area is 116 Å². The molecular formula is C12H14Cl2N4. The maximum absolute atomic E-state index is 6.17. The zero-order valence-corrected chi connectivity index (χ0v) is 11.9. The van der Waals surface area contributed by atoms with Crippen LogP contribution in [0.5, 0.6) is 0 Å². The largest absolute Gasteiger partial charge is 0.349 e. The van der Waals surface area contributed by atoms with E-state index in [0.29, 0.717) is 15.9 Å². The minimum atomic E-state index is -0.145. The highest BCUT2D eigenvalue weighted by molar-refractivity contribution is 6.36. The molecular weight excluding hydrogens is 271 g/mol. The Morgan fingerprint density at radius 3 is 2.61 bits per heavy atom. The lowest BCUT2D eigenvalue weighted by molar-refractivity contribution is 0.583. The monoisotopic (exact) mass is 284 g/mol. The van der Waals surface area contributed by atoms with Crippen molar-refractivity contribution in [3.05, 3.63) is 33.8 Å². The van der Waals surface area contributed by atoms with Crippen molar-refractivity contribution in [3.8, 4) is 0 Å². The minimum Gasteiger partial charge on any atom is -0.349 e. The van der Waals surface area contributed by atoms with E-state index in [2.05, 4.69) is 15.3 Å². The molecule has 1 aliphatic heterocycles. The highest BCUT2D eigenvalue weighted by Gasteiger charge is 2.18. The maximum atomic E-state index is 6.17. The number of nitrogens with zero attached hydrogens (tertiary/aromatic N) is 3. The molecule has 0 aliphatic carbocycles. The van der Waals surface area contributed by atoms with Crippen molar-refractivity contribution in [3.63, 3.8) is 0 Å². The second-order valence-electron chi connectivity index (χ2n) is 4.21. The van der Waals surface area contributed by atoms with Crippen LogP contribution in [0.3, 0.4) is 0 Å². The van der Waals surface area contributed by atoms with Crippen LogP contribution in [0.25, 0.3) is 0 Å². The van der Waals surface area contributed by atoms with Crippen molar-refractivity contribution in [1.29, 1.82) is 0 Å². The molecule has 0 fully saturated rings. The summed E-state index contributed by atoms with van der Waals surface area (Å²) in [6.45, 7) is 1.92. The number of halogens is 2. The van der Waals surface area contributed by atoms with Crippen LogP contribution in [0.2, 0.25) is 10.0 Å². The van der Waals surface area contributed by atoms with Crippen LogP contribution in [-0.4, -0.2) is 37.0 Å². The van der Waals surface area contributed by atoms with Crippen LogP contribution in [0.4, 0.5) is 0 Å². The molecule has 1 aromatic carbocycles. The van der Waals surface area contributed by atoms with E-state index in [4.69, 9.17) is 23.2 Å². The van der Waals surface area contributed by atoms with Gasteiger partial charge < -0.3 is 10.2 Å². The first-order valence-corrected chi connectivity index (χ1v) is 6.28. The van der Waals surface area contributed by atoms with Gasteiger partial charge in [0.15, 0.2) is 0 Å². The lowest BCUT2D eigenvalue weighted by Gasteiger charge is -2.24. The second kappa shape index (κ2) is 5.16. The normalized spacial score (nSPS) is 18.8. The van der Waals surface area contributed by atoms with Crippen LogP contribution in [0, 0.1) is 0 Å². The van der Waals surface area contributed by atoms with E-state index in [1.54, 1.807) is 18.2 Å². The van der Waals surface area contributed by atoms with Gasteiger partial charge in [0.2, 0.25) is 5.96 Å². The molecule has 1 N–H and O–H groups in total. The summed E-state index contributed by atoms with van der Waals surface area (Å²) in [4.78, 5) is 10.7. The Morgan fingerprint density at radius 1 is 1.22 bits per heavy atom. The third-order valence-electron chi connectivity index (χ3n) is 2.46. The molecule has 1 aliphatic rings. The Bertz CT molecular complexity index is 523. The van der Waals surface area contributed by atoms with Crippen molar-refractivity contribution in [1.82, 2.24) is 10.2 Å². The average Bonchev–Trinajstić information content (AvgIpc) is 2.31. The minimum absolute atomic E-state index is 0.145. The summed E-state index contributed by atoms with van der Waals surface area (Å²) in [6, 6.07) is 5.30. The fraction of sp³-hybridized carbons (Fsp3) is 0.333. The highest BCUT2D eigenvalue weighted by Crippen LogP contribution is 2.22. The summed E-state index contributed by atoms with van der Waals surface area (Å²) in [5.74, 6) is 1.44. The van der Waals surface area contributed by atoms with Gasteiger partial charge in [-0.15, -0.1) is 0 Å². The predicted molar refractivity (Wildman–Crippen MR) is 76.7 cm³/mol. The van der Waals surface area contributed by atoms with E-state index in [1.807, 2.05) is 25.9 Å². The van der Waals surface area contributed by atoms with Crippen molar-refractivity contribution in [2.75, 3.05) is 14.1 Å². The SMILES string of the molecule is CC1N=C(c2cc(Cl)ccc2Cl)NC(N(C)C)=N1. The first-order chi connectivity index (χ1) is 8.47. The standard InChI is InChI=1S/C12H14Cl2N4/c1-7-15-11(17-12(16-7)18(2)3)9-6-8(13)4-5-10(9)14/h4-7H,1-3H3,(H,15,16,17). The summed E-state index contributed by atoms with van der Waals surface area (Å²) in [5, 5.41) is 4.39. The number of hydrogen-bond acceptors (Lipinski definition) is 4. The molecule has 0 amide bonds. The van der Waals surface area contributed by atoms with Crippen molar-refractivity contribution in [2.45, 2.75) is 13.1 Å². The van der Waals surface area contributed by atoms with Gasteiger partial charge >= 0.3 is 0 Å². The molecule has 2 rings (SSSR count). The number of guanidine groups is 1. The zero-order valence-electron chi connectivity index (χ0n) is 10.4. The Balaban J connectivity index is 2.37. The van der Waals surface area contributed by atoms with Gasteiger partial charge in [-0.3, -0.25) is 0 Å². The van der Waals surface area contributed by atoms with Crippen LogP contribution < -0.4 is 5.32 Å². The van der Waals surface area contributed by atoms with Crippen LogP contribution in [-0.2, 0) is 0 Å². The molecule has 0 saturated heterocycles. The predicted octanol–water partition coefficient (Wildman–Crippen LogP) is 2.61. The van der Waals surface area contributed by atoms with Gasteiger partial charge in [-0.2, -0.15) is 0 Å². The first-order valence-electron chi connectivity index (χ1n) is 5.52. The van der Waals surface area contributed by atoms with Crippen molar-refractivity contribution >= 4 is 35.0 Å². The van der Waals surface area contributed by atoms with Gasteiger partial charge in [0.25, 0.3) is 0 Å². The molecule has 0 aromatic heterocycles. The zero-order chi connectivity index (χ0) is 13.3. The number of aliphatic imine (C=N–C) groups is 2. The van der Waals surface area contributed by atoms with Crippen LogP contribution >= 0.6 is 23.2 Å². The van der Waals surface area contributed by atoms with E-state index in [1.165, 1.54) is 0 Å². The number of rotatable bonds is 1. The topological polar surface area (TPSA) is 40.0 Å². The number of nitrogens with one attached hydrogen (secondary N) is 1.